The second kappa shape index (κ2) is 8.90. The summed E-state index contributed by atoms with van der Waals surface area (Å²) in [6.07, 6.45) is 2.77. The zero-order valence-corrected chi connectivity index (χ0v) is 18.4. The van der Waals surface area contributed by atoms with Crippen molar-refractivity contribution in [2.24, 2.45) is 5.92 Å². The normalized spacial score (nSPS) is 26.5. The van der Waals surface area contributed by atoms with Gasteiger partial charge in [-0.3, -0.25) is 9.59 Å². The molecular weight excluding hydrogens is 396 g/mol. The molecule has 1 saturated carbocycles. The minimum absolute atomic E-state index is 0.00235. The van der Waals surface area contributed by atoms with Gasteiger partial charge in [0.2, 0.25) is 5.91 Å². The van der Waals surface area contributed by atoms with Crippen LogP contribution >= 0.6 is 11.3 Å². The predicted octanol–water partition coefficient (Wildman–Crippen LogP) is 4.10. The fourth-order valence-corrected chi connectivity index (χ4v) is 5.63. The summed E-state index contributed by atoms with van der Waals surface area (Å²) in [5.74, 6) is -0.167. The van der Waals surface area contributed by atoms with Gasteiger partial charge in [-0.15, -0.1) is 11.3 Å². The summed E-state index contributed by atoms with van der Waals surface area (Å²) in [7, 11) is 0. The summed E-state index contributed by atoms with van der Waals surface area (Å²) in [6.45, 7) is 4.80. The van der Waals surface area contributed by atoms with E-state index in [0.29, 0.717) is 18.0 Å². The van der Waals surface area contributed by atoms with Crippen molar-refractivity contribution in [2.75, 3.05) is 6.54 Å². The van der Waals surface area contributed by atoms with Crippen LogP contribution in [-0.4, -0.2) is 40.5 Å². The van der Waals surface area contributed by atoms with Crippen molar-refractivity contribution in [2.45, 2.75) is 63.6 Å². The quantitative estimate of drug-likeness (QED) is 0.756. The Morgan fingerprint density at radius 1 is 1.17 bits per heavy atom. The number of rotatable bonds is 5. The van der Waals surface area contributed by atoms with Gasteiger partial charge in [-0.1, -0.05) is 38.1 Å². The van der Waals surface area contributed by atoms with Crippen molar-refractivity contribution in [1.29, 1.82) is 0 Å². The Morgan fingerprint density at radius 2 is 1.90 bits per heavy atom. The summed E-state index contributed by atoms with van der Waals surface area (Å²) < 4.78 is 0. The first-order chi connectivity index (χ1) is 14.5. The molecule has 5 nitrogen and oxygen atoms in total. The maximum atomic E-state index is 13.6. The fourth-order valence-electron chi connectivity index (χ4n) is 4.76. The van der Waals surface area contributed by atoms with Crippen LogP contribution in [0.25, 0.3) is 0 Å². The molecule has 2 atom stereocenters. The minimum Gasteiger partial charge on any atom is -0.393 e. The van der Waals surface area contributed by atoms with E-state index in [1.165, 1.54) is 0 Å². The van der Waals surface area contributed by atoms with Gasteiger partial charge in [0.15, 0.2) is 0 Å². The number of fused-ring (bicyclic) bond motifs is 1. The molecule has 2 unspecified atom stereocenters. The van der Waals surface area contributed by atoms with Gasteiger partial charge in [0.1, 0.15) is 0 Å². The molecule has 2 N–H and O–H groups in total. The molecule has 4 rings (SSSR count). The SMILES string of the molecule is CC(C)CN1C(=O)c2ccccc2C(C(=O)NC2CCC(O)CC2)C1c1cccs1. The van der Waals surface area contributed by atoms with Crippen LogP contribution in [0.3, 0.4) is 0 Å². The highest BCUT2D eigenvalue weighted by Crippen LogP contribution is 2.44. The Balaban J connectivity index is 1.73. The molecule has 30 heavy (non-hydrogen) atoms. The molecule has 0 bridgehead atoms. The van der Waals surface area contributed by atoms with Crippen molar-refractivity contribution in [3.8, 4) is 0 Å². The van der Waals surface area contributed by atoms with Gasteiger partial charge < -0.3 is 15.3 Å². The molecule has 2 amide bonds. The third-order valence-corrected chi connectivity index (χ3v) is 7.10. The lowest BCUT2D eigenvalue weighted by Crippen LogP contribution is -2.50. The number of nitrogens with one attached hydrogen (secondary N) is 1. The summed E-state index contributed by atoms with van der Waals surface area (Å²) in [4.78, 5) is 30.0. The van der Waals surface area contributed by atoms with Gasteiger partial charge >= 0.3 is 0 Å². The van der Waals surface area contributed by atoms with E-state index in [0.717, 1.165) is 36.1 Å². The third kappa shape index (κ3) is 4.16. The molecule has 1 aliphatic carbocycles. The fraction of sp³-hybridized carbons (Fsp3) is 0.500. The van der Waals surface area contributed by atoms with Crippen LogP contribution in [-0.2, 0) is 4.79 Å². The molecule has 2 aliphatic rings. The zero-order chi connectivity index (χ0) is 21.3. The van der Waals surface area contributed by atoms with Crippen molar-refractivity contribution in [3.63, 3.8) is 0 Å². The van der Waals surface area contributed by atoms with Crippen LogP contribution in [0.15, 0.2) is 41.8 Å². The molecule has 1 fully saturated rings. The lowest BCUT2D eigenvalue weighted by molar-refractivity contribution is -0.125. The van der Waals surface area contributed by atoms with Gasteiger partial charge in [-0.2, -0.15) is 0 Å². The molecule has 0 radical (unpaired) electrons. The van der Waals surface area contributed by atoms with E-state index in [4.69, 9.17) is 0 Å². The average Bonchev–Trinajstić information content (AvgIpc) is 3.25. The Hall–Kier alpha value is -2.18. The third-order valence-electron chi connectivity index (χ3n) is 6.16. The van der Waals surface area contributed by atoms with E-state index < -0.39 is 5.92 Å². The largest absolute Gasteiger partial charge is 0.393 e. The standard InChI is InChI=1S/C24H30N2O3S/c1-15(2)14-26-22(20-8-5-13-30-20)21(18-6-3-4-7-19(18)24(26)29)23(28)25-16-9-11-17(27)12-10-16/h3-8,13,15-17,21-22,27H,9-12,14H2,1-2H3,(H,25,28). The minimum atomic E-state index is -0.442. The van der Waals surface area contributed by atoms with Crippen LogP contribution < -0.4 is 5.32 Å². The van der Waals surface area contributed by atoms with E-state index in [9.17, 15) is 14.7 Å². The van der Waals surface area contributed by atoms with Crippen molar-refractivity contribution < 1.29 is 14.7 Å². The number of hydrogen-bond donors (Lipinski definition) is 2. The number of carbonyl (C=O) groups excluding carboxylic acids is 2. The summed E-state index contributed by atoms with van der Waals surface area (Å²) in [6, 6.07) is 11.3. The number of nitrogens with zero attached hydrogens (tertiary/aromatic N) is 1. The number of amides is 2. The predicted molar refractivity (Wildman–Crippen MR) is 119 cm³/mol. The van der Waals surface area contributed by atoms with Crippen LogP contribution in [0.2, 0.25) is 0 Å². The van der Waals surface area contributed by atoms with Crippen LogP contribution in [0.4, 0.5) is 0 Å². The second-order valence-electron chi connectivity index (χ2n) is 8.89. The van der Waals surface area contributed by atoms with Crippen LogP contribution in [0.1, 0.15) is 72.3 Å². The first-order valence-corrected chi connectivity index (χ1v) is 11.8. The molecule has 1 aromatic heterocycles. The van der Waals surface area contributed by atoms with E-state index >= 15 is 0 Å². The molecule has 0 spiro atoms. The maximum Gasteiger partial charge on any atom is 0.254 e. The van der Waals surface area contributed by atoms with Crippen LogP contribution in [0, 0.1) is 5.92 Å². The number of hydrogen-bond acceptors (Lipinski definition) is 4. The first-order valence-electron chi connectivity index (χ1n) is 10.9. The first kappa shape index (κ1) is 21.1. The molecular formula is C24H30N2O3S. The van der Waals surface area contributed by atoms with Crippen molar-refractivity contribution >= 4 is 23.2 Å². The molecule has 2 aromatic rings. The smallest absolute Gasteiger partial charge is 0.254 e. The lowest BCUT2D eigenvalue weighted by atomic mass is 9.80. The zero-order valence-electron chi connectivity index (χ0n) is 17.6. The Labute approximate surface area is 182 Å². The highest BCUT2D eigenvalue weighted by atomic mass is 32.1. The number of carbonyl (C=O) groups is 2. The maximum absolute atomic E-state index is 13.6. The van der Waals surface area contributed by atoms with E-state index in [2.05, 4.69) is 19.2 Å². The van der Waals surface area contributed by atoms with Gasteiger partial charge in [0.25, 0.3) is 5.91 Å². The van der Waals surface area contributed by atoms with Gasteiger partial charge in [0.05, 0.1) is 18.1 Å². The summed E-state index contributed by atoms with van der Waals surface area (Å²) in [5.41, 5.74) is 1.44. The van der Waals surface area contributed by atoms with Gasteiger partial charge in [-0.25, -0.2) is 0 Å². The van der Waals surface area contributed by atoms with E-state index in [-0.39, 0.29) is 30.0 Å². The average molecular weight is 427 g/mol. The molecule has 1 aromatic carbocycles. The summed E-state index contributed by atoms with van der Waals surface area (Å²) in [5, 5.41) is 15.1. The van der Waals surface area contributed by atoms with Crippen molar-refractivity contribution in [1.82, 2.24) is 10.2 Å². The number of aliphatic hydroxyl groups is 1. The molecule has 160 valence electrons. The highest BCUT2D eigenvalue weighted by Gasteiger charge is 2.45. The van der Waals surface area contributed by atoms with Crippen LogP contribution in [0.5, 0.6) is 0 Å². The molecule has 0 saturated heterocycles. The van der Waals surface area contributed by atoms with E-state index in [1.807, 2.05) is 46.7 Å². The number of benzene rings is 1. The van der Waals surface area contributed by atoms with Gasteiger partial charge in [0, 0.05) is 23.0 Å². The lowest BCUT2D eigenvalue weighted by Gasteiger charge is -2.42. The number of thiophene rings is 1. The molecule has 2 heterocycles. The molecule has 6 heteroatoms. The van der Waals surface area contributed by atoms with Gasteiger partial charge in [-0.05, 0) is 54.7 Å². The van der Waals surface area contributed by atoms with E-state index in [1.54, 1.807) is 11.3 Å². The highest BCUT2D eigenvalue weighted by molar-refractivity contribution is 7.10. The topological polar surface area (TPSA) is 69.6 Å². The second-order valence-corrected chi connectivity index (χ2v) is 9.87. The number of aliphatic hydroxyl groups excluding tert-OH is 1. The monoisotopic (exact) mass is 426 g/mol. The molecule has 1 aliphatic heterocycles. The Bertz CT molecular complexity index is 888. The Morgan fingerprint density at radius 3 is 2.57 bits per heavy atom. The Kier molecular flexibility index (Phi) is 6.25. The van der Waals surface area contributed by atoms with Crippen molar-refractivity contribution in [3.05, 3.63) is 57.8 Å². The summed E-state index contributed by atoms with van der Waals surface area (Å²) >= 11 is 1.60.